The largest absolute Gasteiger partial charge is 0.460 e. The van der Waals surface area contributed by atoms with Crippen molar-refractivity contribution >= 4 is 5.97 Å². The molecule has 6 nitrogen and oxygen atoms in total. The van der Waals surface area contributed by atoms with Gasteiger partial charge in [-0.25, -0.2) is 4.79 Å². The van der Waals surface area contributed by atoms with Gasteiger partial charge in [-0.1, -0.05) is 30.3 Å². The van der Waals surface area contributed by atoms with Crippen LogP contribution in [0.4, 0.5) is 0 Å². The van der Waals surface area contributed by atoms with Gasteiger partial charge in [0.2, 0.25) is 0 Å². The van der Waals surface area contributed by atoms with Gasteiger partial charge in [0, 0.05) is 0 Å². The lowest BCUT2D eigenvalue weighted by Gasteiger charge is -2.19. The minimum absolute atomic E-state index is 0.121. The maximum absolute atomic E-state index is 11.5. The maximum atomic E-state index is 11.5. The number of nitrogens with zero attached hydrogens (tertiary/aromatic N) is 2. The highest BCUT2D eigenvalue weighted by atomic mass is 16.5. The molecule has 100 valence electrons. The van der Waals surface area contributed by atoms with Crippen LogP contribution in [0, 0.1) is 0 Å². The molecule has 1 unspecified atom stereocenters. The van der Waals surface area contributed by atoms with E-state index in [-0.39, 0.29) is 18.3 Å². The Morgan fingerprint density at radius 3 is 2.74 bits per heavy atom. The standard InChI is InChI=1S/C13H15N3O3/c1-3-18-11(17)10-15-12(19-16-10)13(2,14)9-7-5-4-6-8-9/h4-8H,3,14H2,1-2H3. The molecular weight excluding hydrogens is 246 g/mol. The molecule has 0 aliphatic heterocycles. The number of rotatable bonds is 4. The van der Waals surface area contributed by atoms with Gasteiger partial charge in [0.1, 0.15) is 5.54 Å². The van der Waals surface area contributed by atoms with Crippen molar-refractivity contribution < 1.29 is 14.1 Å². The minimum Gasteiger partial charge on any atom is -0.460 e. The summed E-state index contributed by atoms with van der Waals surface area (Å²) in [4.78, 5) is 15.5. The van der Waals surface area contributed by atoms with Crippen molar-refractivity contribution in [2.45, 2.75) is 19.4 Å². The first-order valence-electron chi connectivity index (χ1n) is 5.91. The van der Waals surface area contributed by atoms with Crippen molar-refractivity contribution in [1.82, 2.24) is 10.1 Å². The number of ether oxygens (including phenoxy) is 1. The number of carbonyl (C=O) groups is 1. The number of hydrogen-bond acceptors (Lipinski definition) is 6. The Morgan fingerprint density at radius 1 is 1.42 bits per heavy atom. The fraction of sp³-hybridized carbons (Fsp3) is 0.308. The molecule has 0 spiro atoms. The second-order valence-corrected chi connectivity index (χ2v) is 4.21. The molecule has 0 aliphatic rings. The molecule has 1 atom stereocenters. The predicted molar refractivity (Wildman–Crippen MR) is 67.3 cm³/mol. The normalized spacial score (nSPS) is 13.8. The molecule has 6 heteroatoms. The molecule has 0 amide bonds. The van der Waals surface area contributed by atoms with Crippen LogP contribution in [0.5, 0.6) is 0 Å². The Balaban J connectivity index is 2.29. The van der Waals surface area contributed by atoms with E-state index in [4.69, 9.17) is 15.0 Å². The molecule has 1 aromatic heterocycles. The Labute approximate surface area is 110 Å². The van der Waals surface area contributed by atoms with Crippen molar-refractivity contribution in [3.63, 3.8) is 0 Å². The third kappa shape index (κ3) is 2.63. The SMILES string of the molecule is CCOC(=O)c1noc(C(C)(N)c2ccccc2)n1. The first-order valence-corrected chi connectivity index (χ1v) is 5.91. The highest BCUT2D eigenvalue weighted by Gasteiger charge is 2.31. The number of benzene rings is 1. The Hall–Kier alpha value is -2.21. The molecule has 0 saturated carbocycles. The fourth-order valence-electron chi connectivity index (χ4n) is 1.62. The summed E-state index contributed by atoms with van der Waals surface area (Å²) < 4.78 is 9.86. The second-order valence-electron chi connectivity index (χ2n) is 4.21. The van der Waals surface area contributed by atoms with E-state index >= 15 is 0 Å². The number of hydrogen-bond donors (Lipinski definition) is 1. The van der Waals surface area contributed by atoms with Crippen molar-refractivity contribution in [3.05, 3.63) is 47.6 Å². The number of aromatic nitrogens is 2. The summed E-state index contributed by atoms with van der Waals surface area (Å²) in [5.74, 6) is -0.576. The number of nitrogens with two attached hydrogens (primary N) is 1. The van der Waals surface area contributed by atoms with Gasteiger partial charge in [-0.2, -0.15) is 4.98 Å². The molecule has 19 heavy (non-hydrogen) atoms. The molecule has 0 aliphatic carbocycles. The summed E-state index contributed by atoms with van der Waals surface area (Å²) in [6.45, 7) is 3.70. The van der Waals surface area contributed by atoms with Gasteiger partial charge >= 0.3 is 5.97 Å². The zero-order valence-electron chi connectivity index (χ0n) is 10.8. The Kier molecular flexibility index (Phi) is 3.62. The van der Waals surface area contributed by atoms with Crippen LogP contribution in [0.15, 0.2) is 34.9 Å². The monoisotopic (exact) mass is 261 g/mol. The average Bonchev–Trinajstić information content (AvgIpc) is 2.90. The topological polar surface area (TPSA) is 91.2 Å². The second kappa shape index (κ2) is 5.19. The minimum atomic E-state index is -0.959. The zero-order chi connectivity index (χ0) is 13.9. The van der Waals surface area contributed by atoms with Gasteiger partial charge < -0.3 is 15.0 Å². The quantitative estimate of drug-likeness (QED) is 0.838. The van der Waals surface area contributed by atoms with Crippen LogP contribution in [-0.2, 0) is 10.3 Å². The molecule has 0 radical (unpaired) electrons. The lowest BCUT2D eigenvalue weighted by molar-refractivity contribution is 0.0508. The van der Waals surface area contributed by atoms with E-state index in [1.54, 1.807) is 13.8 Å². The fourth-order valence-corrected chi connectivity index (χ4v) is 1.62. The van der Waals surface area contributed by atoms with E-state index in [0.29, 0.717) is 0 Å². The summed E-state index contributed by atoms with van der Waals surface area (Å²) in [5.41, 5.74) is 6.05. The first kappa shape index (κ1) is 13.2. The van der Waals surface area contributed by atoms with Gasteiger partial charge in [-0.3, -0.25) is 0 Å². The van der Waals surface area contributed by atoms with Crippen molar-refractivity contribution in [2.24, 2.45) is 5.73 Å². The number of carbonyl (C=O) groups excluding carboxylic acids is 1. The van der Waals surface area contributed by atoms with Crippen LogP contribution < -0.4 is 5.73 Å². The first-order chi connectivity index (χ1) is 9.05. The molecule has 0 bridgehead atoms. The lowest BCUT2D eigenvalue weighted by Crippen LogP contribution is -2.34. The van der Waals surface area contributed by atoms with Gasteiger partial charge in [0.15, 0.2) is 0 Å². The van der Waals surface area contributed by atoms with Crippen LogP contribution in [-0.4, -0.2) is 22.7 Å². The van der Waals surface area contributed by atoms with Gasteiger partial charge in [-0.15, -0.1) is 0 Å². The maximum Gasteiger partial charge on any atom is 0.379 e. The highest BCUT2D eigenvalue weighted by Crippen LogP contribution is 2.24. The average molecular weight is 261 g/mol. The van der Waals surface area contributed by atoms with Gasteiger partial charge in [-0.05, 0) is 24.6 Å². The molecule has 1 aromatic carbocycles. The van der Waals surface area contributed by atoms with E-state index < -0.39 is 11.5 Å². The molecular formula is C13H15N3O3. The molecule has 0 fully saturated rings. The van der Waals surface area contributed by atoms with Crippen LogP contribution in [0.2, 0.25) is 0 Å². The Bertz CT molecular complexity index is 564. The van der Waals surface area contributed by atoms with Crippen LogP contribution >= 0.6 is 0 Å². The summed E-state index contributed by atoms with van der Waals surface area (Å²) >= 11 is 0. The summed E-state index contributed by atoms with van der Waals surface area (Å²) in [6.07, 6.45) is 0. The summed E-state index contributed by atoms with van der Waals surface area (Å²) in [5, 5.41) is 3.59. The van der Waals surface area contributed by atoms with E-state index in [0.717, 1.165) is 5.56 Å². The summed E-state index contributed by atoms with van der Waals surface area (Å²) in [7, 11) is 0. The van der Waals surface area contributed by atoms with E-state index in [9.17, 15) is 4.79 Å². The van der Waals surface area contributed by atoms with Crippen molar-refractivity contribution in [2.75, 3.05) is 6.61 Å². The highest BCUT2D eigenvalue weighted by molar-refractivity contribution is 5.84. The molecule has 1 heterocycles. The lowest BCUT2D eigenvalue weighted by atomic mass is 9.93. The van der Waals surface area contributed by atoms with Gasteiger partial charge in [0.05, 0.1) is 6.61 Å². The van der Waals surface area contributed by atoms with Gasteiger partial charge in [0.25, 0.3) is 11.7 Å². The zero-order valence-corrected chi connectivity index (χ0v) is 10.8. The molecule has 0 saturated heterocycles. The molecule has 2 rings (SSSR count). The van der Waals surface area contributed by atoms with Crippen LogP contribution in [0.1, 0.15) is 35.9 Å². The van der Waals surface area contributed by atoms with Crippen molar-refractivity contribution in [1.29, 1.82) is 0 Å². The predicted octanol–water partition coefficient (Wildman–Crippen LogP) is 1.47. The smallest absolute Gasteiger partial charge is 0.379 e. The van der Waals surface area contributed by atoms with Crippen molar-refractivity contribution in [3.8, 4) is 0 Å². The third-order valence-corrected chi connectivity index (χ3v) is 2.70. The third-order valence-electron chi connectivity index (χ3n) is 2.70. The van der Waals surface area contributed by atoms with Crippen LogP contribution in [0.3, 0.4) is 0 Å². The van der Waals surface area contributed by atoms with Crippen LogP contribution in [0.25, 0.3) is 0 Å². The molecule has 2 aromatic rings. The van der Waals surface area contributed by atoms with E-state index in [1.807, 2.05) is 30.3 Å². The van der Waals surface area contributed by atoms with E-state index in [2.05, 4.69) is 10.1 Å². The van der Waals surface area contributed by atoms with E-state index in [1.165, 1.54) is 0 Å². The number of esters is 1. The summed E-state index contributed by atoms with van der Waals surface area (Å²) in [6, 6.07) is 9.33. The molecule has 2 N–H and O–H groups in total. The Morgan fingerprint density at radius 2 is 2.11 bits per heavy atom.